The summed E-state index contributed by atoms with van der Waals surface area (Å²) in [6.07, 6.45) is 2.74. The Bertz CT molecular complexity index is 1030. The minimum atomic E-state index is -0.718. The molecule has 0 aliphatic heterocycles. The zero-order chi connectivity index (χ0) is 22.1. The maximum absolute atomic E-state index is 12.8. The first-order valence-electron chi connectivity index (χ1n) is 9.11. The molecule has 7 nitrogen and oxygen atoms in total. The van der Waals surface area contributed by atoms with Crippen LogP contribution in [0.2, 0.25) is 0 Å². The van der Waals surface area contributed by atoms with Gasteiger partial charge in [0.05, 0.1) is 6.26 Å². The molecule has 0 aliphatic carbocycles. The summed E-state index contributed by atoms with van der Waals surface area (Å²) in [6, 6.07) is 21.4. The fourth-order valence-electron chi connectivity index (χ4n) is 2.46. The van der Waals surface area contributed by atoms with E-state index in [0.29, 0.717) is 17.1 Å². The van der Waals surface area contributed by atoms with E-state index in [9.17, 15) is 9.59 Å². The molecule has 0 unspecified atom stereocenters. The summed E-state index contributed by atoms with van der Waals surface area (Å²) in [4.78, 5) is 25.6. The molecule has 0 saturated heterocycles. The van der Waals surface area contributed by atoms with Crippen LogP contribution in [0.4, 0.5) is 11.4 Å². The number of amides is 2. The van der Waals surface area contributed by atoms with Crippen LogP contribution in [-0.4, -0.2) is 22.0 Å². The Morgan fingerprint density at radius 1 is 0.710 bits per heavy atom. The number of carbonyl (C=O) groups excluding carboxylic acids is 2. The van der Waals surface area contributed by atoms with Crippen LogP contribution >= 0.6 is 24.4 Å². The lowest BCUT2D eigenvalue weighted by molar-refractivity contribution is -0.121. The summed E-state index contributed by atoms with van der Waals surface area (Å²) in [7, 11) is 0. The van der Waals surface area contributed by atoms with Gasteiger partial charge in [-0.2, -0.15) is 0 Å². The van der Waals surface area contributed by atoms with Crippen molar-refractivity contribution in [1.82, 2.24) is 10.6 Å². The van der Waals surface area contributed by atoms with E-state index < -0.39 is 11.8 Å². The molecule has 0 aliphatic rings. The zero-order valence-electron chi connectivity index (χ0n) is 16.1. The summed E-state index contributed by atoms with van der Waals surface area (Å²) in [5, 5.41) is 10.8. The lowest BCUT2D eigenvalue weighted by Gasteiger charge is -2.13. The lowest BCUT2D eigenvalue weighted by Crippen LogP contribution is -2.42. The third-order valence-electron chi connectivity index (χ3n) is 3.84. The first-order chi connectivity index (χ1) is 15.0. The van der Waals surface area contributed by atoms with Crippen molar-refractivity contribution in [2.24, 2.45) is 0 Å². The minimum Gasteiger partial charge on any atom is -0.465 e. The first-order valence-corrected chi connectivity index (χ1v) is 9.93. The van der Waals surface area contributed by atoms with E-state index in [2.05, 4.69) is 21.3 Å². The topological polar surface area (TPSA) is 95.4 Å². The molecule has 2 aromatic carbocycles. The van der Waals surface area contributed by atoms with Gasteiger partial charge in [0.15, 0.2) is 10.2 Å². The second-order valence-corrected chi connectivity index (χ2v) is 6.94. The van der Waals surface area contributed by atoms with Gasteiger partial charge in [0.1, 0.15) is 11.3 Å². The van der Waals surface area contributed by atoms with E-state index in [-0.39, 0.29) is 15.8 Å². The minimum absolute atomic E-state index is 0.0410. The molecule has 3 aromatic rings. The van der Waals surface area contributed by atoms with E-state index in [4.69, 9.17) is 28.9 Å². The summed E-state index contributed by atoms with van der Waals surface area (Å²) in [5.74, 6) is -1.11. The molecule has 0 saturated carbocycles. The lowest BCUT2D eigenvalue weighted by atomic mass is 10.2. The Labute approximate surface area is 189 Å². The number of nitrogens with one attached hydrogen (secondary N) is 4. The second-order valence-electron chi connectivity index (χ2n) is 6.12. The van der Waals surface area contributed by atoms with Gasteiger partial charge >= 0.3 is 0 Å². The van der Waals surface area contributed by atoms with Crippen molar-refractivity contribution < 1.29 is 14.0 Å². The second kappa shape index (κ2) is 10.8. The Kier molecular flexibility index (Phi) is 7.63. The van der Waals surface area contributed by atoms with Crippen molar-refractivity contribution in [3.63, 3.8) is 0 Å². The van der Waals surface area contributed by atoms with Crippen LogP contribution in [0.3, 0.4) is 0 Å². The number of carbonyl (C=O) groups is 2. The molecular formula is C22H18N4O3S2. The molecule has 156 valence electrons. The van der Waals surface area contributed by atoms with Crippen LogP contribution < -0.4 is 21.3 Å². The number of benzene rings is 2. The molecule has 1 heterocycles. The van der Waals surface area contributed by atoms with Crippen LogP contribution in [0.15, 0.2) is 89.0 Å². The Balaban J connectivity index is 1.70. The Morgan fingerprint density at radius 3 is 1.61 bits per heavy atom. The van der Waals surface area contributed by atoms with Crippen LogP contribution in [0.5, 0.6) is 0 Å². The van der Waals surface area contributed by atoms with Crippen molar-refractivity contribution in [2.75, 3.05) is 10.6 Å². The highest BCUT2D eigenvalue weighted by Crippen LogP contribution is 2.10. The molecule has 31 heavy (non-hydrogen) atoms. The zero-order valence-corrected chi connectivity index (χ0v) is 17.8. The van der Waals surface area contributed by atoms with Gasteiger partial charge in [0, 0.05) is 11.4 Å². The number of rotatable bonds is 5. The Morgan fingerprint density at radius 2 is 1.19 bits per heavy atom. The number of hydrogen-bond acceptors (Lipinski definition) is 5. The third-order valence-corrected chi connectivity index (χ3v) is 4.24. The standard InChI is InChI=1S/C22H18N4O3S2/c27-19(25-21(30)23-15-8-3-1-4-9-15)18(14-17-12-7-13-29-17)20(28)26-22(31)24-16-10-5-2-6-11-16/h1-14H,(H2,23,25,27,30)(H2,24,26,28,31). The summed E-state index contributed by atoms with van der Waals surface area (Å²) in [6.45, 7) is 0. The first kappa shape index (κ1) is 21.9. The highest BCUT2D eigenvalue weighted by Gasteiger charge is 2.21. The maximum atomic E-state index is 12.8. The van der Waals surface area contributed by atoms with Crippen molar-refractivity contribution in [3.05, 3.63) is 90.4 Å². The number of furan rings is 1. The SMILES string of the molecule is O=C(NC(=S)Nc1ccccc1)C(=Cc1ccco1)C(=O)NC(=S)Nc1ccccc1. The summed E-state index contributed by atoms with van der Waals surface area (Å²) < 4.78 is 5.23. The van der Waals surface area contributed by atoms with Gasteiger partial charge in [-0.3, -0.25) is 20.2 Å². The van der Waals surface area contributed by atoms with Crippen molar-refractivity contribution in [3.8, 4) is 0 Å². The molecule has 0 bridgehead atoms. The monoisotopic (exact) mass is 450 g/mol. The molecule has 1 aromatic heterocycles. The fraction of sp³-hybridized carbons (Fsp3) is 0. The molecular weight excluding hydrogens is 432 g/mol. The van der Waals surface area contributed by atoms with Crippen molar-refractivity contribution in [2.45, 2.75) is 0 Å². The molecule has 3 rings (SSSR count). The van der Waals surface area contributed by atoms with Crippen LogP contribution in [-0.2, 0) is 9.59 Å². The quantitative estimate of drug-likeness (QED) is 0.204. The van der Waals surface area contributed by atoms with Crippen molar-refractivity contribution in [1.29, 1.82) is 0 Å². The van der Waals surface area contributed by atoms with Gasteiger partial charge < -0.3 is 15.1 Å². The van der Waals surface area contributed by atoms with Crippen LogP contribution in [0, 0.1) is 0 Å². The molecule has 0 spiro atoms. The molecule has 0 radical (unpaired) electrons. The summed E-state index contributed by atoms with van der Waals surface area (Å²) >= 11 is 10.4. The number of thiocarbonyl (C=S) groups is 2. The van der Waals surface area contributed by atoms with Crippen molar-refractivity contribution >= 4 is 63.9 Å². The smallest absolute Gasteiger partial charge is 0.263 e. The van der Waals surface area contributed by atoms with E-state index in [1.807, 2.05) is 36.4 Å². The van der Waals surface area contributed by atoms with Crippen LogP contribution in [0.1, 0.15) is 5.76 Å². The Hall–Kier alpha value is -3.82. The maximum Gasteiger partial charge on any atom is 0.263 e. The van der Waals surface area contributed by atoms with Gasteiger partial charge in [0.25, 0.3) is 11.8 Å². The average molecular weight is 451 g/mol. The molecule has 4 N–H and O–H groups in total. The van der Waals surface area contributed by atoms with E-state index in [1.165, 1.54) is 12.3 Å². The average Bonchev–Trinajstić information content (AvgIpc) is 3.26. The predicted molar refractivity (Wildman–Crippen MR) is 128 cm³/mol. The normalized spacial score (nSPS) is 9.81. The fourth-order valence-corrected chi connectivity index (χ4v) is 2.88. The predicted octanol–water partition coefficient (Wildman–Crippen LogP) is 3.69. The van der Waals surface area contributed by atoms with Gasteiger partial charge in [0.2, 0.25) is 0 Å². The van der Waals surface area contributed by atoms with E-state index in [1.54, 1.807) is 36.4 Å². The molecule has 0 atom stereocenters. The van der Waals surface area contributed by atoms with E-state index >= 15 is 0 Å². The molecule has 0 fully saturated rings. The van der Waals surface area contributed by atoms with E-state index in [0.717, 1.165) is 0 Å². The summed E-state index contributed by atoms with van der Waals surface area (Å²) in [5.41, 5.74) is 1.16. The van der Waals surface area contributed by atoms with Gasteiger partial charge in [-0.05, 0) is 66.9 Å². The number of hydrogen-bond donors (Lipinski definition) is 4. The van der Waals surface area contributed by atoms with Gasteiger partial charge in [-0.25, -0.2) is 0 Å². The molecule has 9 heteroatoms. The van der Waals surface area contributed by atoms with Gasteiger partial charge in [-0.1, -0.05) is 36.4 Å². The van der Waals surface area contributed by atoms with Crippen LogP contribution in [0.25, 0.3) is 6.08 Å². The highest BCUT2D eigenvalue weighted by molar-refractivity contribution is 7.80. The highest BCUT2D eigenvalue weighted by atomic mass is 32.1. The largest absolute Gasteiger partial charge is 0.465 e. The molecule has 2 amide bonds. The number of para-hydroxylation sites is 2. The van der Waals surface area contributed by atoms with Gasteiger partial charge in [-0.15, -0.1) is 0 Å². The third kappa shape index (κ3) is 6.88. The number of anilines is 2.